The lowest BCUT2D eigenvalue weighted by molar-refractivity contribution is -0.157. The number of ether oxygens (including phenoxy) is 8. The van der Waals surface area contributed by atoms with E-state index in [0.717, 1.165) is 196 Å². The number of fused-ring (bicyclic) bond motifs is 20. The maximum absolute atomic E-state index is 12.6. The monoisotopic (exact) mass is 1720 g/mol. The van der Waals surface area contributed by atoms with Crippen molar-refractivity contribution in [1.82, 2.24) is 5.16 Å². The number of hydrogen-bond donors (Lipinski definition) is 0. The van der Waals surface area contributed by atoms with Crippen molar-refractivity contribution in [3.8, 4) is 37.0 Å². The summed E-state index contributed by atoms with van der Waals surface area (Å²) in [6.45, 7) is 5.69. The van der Waals surface area contributed by atoms with E-state index in [2.05, 4.69) is 138 Å². The molecule has 3 aliphatic heterocycles. The minimum Gasteiger partial charge on any atom is -0.468 e. The van der Waals surface area contributed by atoms with Crippen molar-refractivity contribution in [3.63, 3.8) is 0 Å². The zero-order valence-corrected chi connectivity index (χ0v) is 73.9. The molecule has 0 radical (unpaired) electrons. The molecule has 129 heavy (non-hydrogen) atoms. The van der Waals surface area contributed by atoms with E-state index in [1.807, 2.05) is 91.9 Å². The van der Waals surface area contributed by atoms with E-state index in [1.54, 1.807) is 18.3 Å². The van der Waals surface area contributed by atoms with Gasteiger partial charge < -0.3 is 47.2 Å². The second kappa shape index (κ2) is 36.1. The number of allylic oxidation sites excluding steroid dienone is 8. The number of carbonyl (C=O) groups excluding carboxylic acids is 6. The van der Waals surface area contributed by atoms with Crippen LogP contribution in [0.25, 0.3) is 39.5 Å². The number of aldehydes is 1. The van der Waals surface area contributed by atoms with Crippen molar-refractivity contribution in [1.29, 1.82) is 0 Å². The fraction of sp³-hybridized carbons (Fsp3) is 0.372. The predicted molar refractivity (Wildman–Crippen MR) is 496 cm³/mol. The van der Waals surface area contributed by atoms with E-state index < -0.39 is 28.2 Å². The maximum atomic E-state index is 12.6. The molecule has 16 heteroatoms. The first-order valence-corrected chi connectivity index (χ1v) is 45.8. The molecule has 8 aromatic rings. The third-order valence-corrected chi connectivity index (χ3v) is 30.0. The Bertz CT molecular complexity index is 6150. The molecule has 656 valence electrons. The molecular formula is C113H109NO15. The highest BCUT2D eigenvalue weighted by Gasteiger charge is 2.56. The van der Waals surface area contributed by atoms with E-state index in [0.29, 0.717) is 71.1 Å². The second-order valence-corrected chi connectivity index (χ2v) is 36.8. The first kappa shape index (κ1) is 87.7. The Labute approximate surface area is 756 Å². The summed E-state index contributed by atoms with van der Waals surface area (Å²) in [6.07, 6.45) is 54.9. The van der Waals surface area contributed by atoms with Gasteiger partial charge in [-0.15, -0.1) is 19.3 Å². The largest absolute Gasteiger partial charge is 0.468 e. The van der Waals surface area contributed by atoms with Crippen LogP contribution in [0.3, 0.4) is 0 Å². The number of esters is 2. The average Bonchev–Trinajstić information content (AvgIpc) is 1.71. The molecule has 16 aliphatic rings. The summed E-state index contributed by atoms with van der Waals surface area (Å²) in [4.78, 5) is 71.6. The summed E-state index contributed by atoms with van der Waals surface area (Å²) in [5.74, 6) is 8.29. The minimum absolute atomic E-state index is 0.0765. The second-order valence-electron chi connectivity index (χ2n) is 36.8. The Kier molecular flexibility index (Phi) is 24.6. The van der Waals surface area contributed by atoms with Crippen molar-refractivity contribution >= 4 is 75.1 Å². The van der Waals surface area contributed by atoms with Gasteiger partial charge in [-0.05, 0) is 277 Å². The third-order valence-electron chi connectivity index (χ3n) is 30.0. The molecule has 0 amide bonds. The number of aromatic nitrogens is 1. The molecule has 13 aliphatic carbocycles. The van der Waals surface area contributed by atoms with Crippen molar-refractivity contribution in [3.05, 3.63) is 307 Å². The van der Waals surface area contributed by atoms with Crippen LogP contribution in [-0.2, 0) is 113 Å². The van der Waals surface area contributed by atoms with E-state index in [4.69, 9.17) is 61.7 Å². The average molecular weight is 1720 g/mol. The third kappa shape index (κ3) is 16.3. The van der Waals surface area contributed by atoms with Crippen LogP contribution in [0.1, 0.15) is 204 Å². The van der Waals surface area contributed by atoms with Gasteiger partial charge in [-0.25, -0.2) is 0 Å². The number of Topliss-reactive ketones (excluding diaryl/α,β-unsaturated/α-hetero) is 1. The van der Waals surface area contributed by atoms with Gasteiger partial charge in [-0.2, -0.15) is 0 Å². The van der Waals surface area contributed by atoms with E-state index >= 15 is 0 Å². The van der Waals surface area contributed by atoms with Crippen LogP contribution in [0.2, 0.25) is 0 Å². The molecule has 3 saturated heterocycles. The fourth-order valence-corrected chi connectivity index (χ4v) is 22.9. The Morgan fingerprint density at radius 3 is 1.30 bits per heavy atom. The van der Waals surface area contributed by atoms with Crippen molar-refractivity contribution in [2.24, 2.45) is 32.5 Å². The number of rotatable bonds is 3. The quantitative estimate of drug-likeness (QED) is 0.0917. The van der Waals surface area contributed by atoms with E-state index in [-0.39, 0.29) is 45.2 Å². The first-order valence-electron chi connectivity index (χ1n) is 45.8. The lowest BCUT2D eigenvalue weighted by Gasteiger charge is -2.44. The number of carbonyl (C=O) groups is 6. The Hall–Kier alpha value is -12.0. The standard InChI is InChI=1S/C18H20O4.C18H18O2.C17H13NO.C17H18O3.C17H14O.C16H16O3.C10H10O/c1-20-16(19)17-7-6-13-4-2-3-5-14(13)15(17)12-18(9-8-17)21-10-11-22-18;1-2-17-8-7-14-5-3-4-6-15(14)16(17)13-18(10-9-17)19-11-12-20-18;1-2-17-8-7-12-5-3-4-6-14(12)15(17)9-16-13(10-17)11-18-19-16;18-12-16-6-5-13-3-1-2-4-14(13)15(16)11-17(8-7-16)19-9-10-20-17;1-3-17-9-8-13-6-4-5-7-14(13)15(17)10-16(18)12(2)11-17;1-19-15(18)16-8-6-11-4-2-3-5-13(11)14(16)10-12(17)7-9-16;11-10-7-3-5-8-4-1-2-6-9(8)10/h2-5,12H,6-11H2,1H3;1,3-6,13H,7-12H2;1,3-6,9,11H,7-8,10H2;1-4,11-12H,5-10H2;1,4-7,10-11H,8-9H2,2H3;2-5,10H,6-9H2,1H3;1-2,4,6H,3,5,7H2. The lowest BCUT2D eigenvalue weighted by atomic mass is 9.62. The summed E-state index contributed by atoms with van der Waals surface area (Å²) in [5, 5.41) is 3.89. The molecule has 0 bridgehead atoms. The van der Waals surface area contributed by atoms with Crippen LogP contribution in [0.5, 0.6) is 0 Å². The van der Waals surface area contributed by atoms with Crippen molar-refractivity contribution < 1.29 is 71.2 Å². The van der Waals surface area contributed by atoms with Gasteiger partial charge in [0, 0.05) is 43.2 Å². The van der Waals surface area contributed by atoms with Crippen molar-refractivity contribution in [2.75, 3.05) is 53.9 Å². The van der Waals surface area contributed by atoms with Gasteiger partial charge in [0.05, 0.1) is 92.5 Å². The zero-order chi connectivity index (χ0) is 89.2. The van der Waals surface area contributed by atoms with E-state index in [1.165, 1.54) is 81.0 Å². The van der Waals surface area contributed by atoms with Gasteiger partial charge >= 0.3 is 11.9 Å². The molecule has 1 aromatic heterocycles. The van der Waals surface area contributed by atoms with Gasteiger partial charge in [0.25, 0.3) is 0 Å². The highest BCUT2D eigenvalue weighted by Crippen LogP contribution is 2.59. The number of methoxy groups -OCH3 is 2. The predicted octanol–water partition coefficient (Wildman–Crippen LogP) is 19.9. The van der Waals surface area contributed by atoms with Crippen LogP contribution >= 0.6 is 0 Å². The smallest absolute Gasteiger partial charge is 0.316 e. The number of terminal acetylenes is 3. The normalized spacial score (nSPS) is 26.4. The summed E-state index contributed by atoms with van der Waals surface area (Å²) < 4.78 is 50.6. The first-order chi connectivity index (χ1) is 62.8. The van der Waals surface area contributed by atoms with Gasteiger partial charge in [-0.1, -0.05) is 199 Å². The molecule has 0 saturated carbocycles. The maximum Gasteiger partial charge on any atom is 0.316 e. The van der Waals surface area contributed by atoms with Crippen LogP contribution < -0.4 is 0 Å². The molecule has 6 atom stereocenters. The van der Waals surface area contributed by atoms with Crippen molar-refractivity contribution in [2.45, 2.75) is 178 Å². The number of ketones is 3. The minimum atomic E-state index is -0.655. The van der Waals surface area contributed by atoms with Crippen LogP contribution in [0.4, 0.5) is 0 Å². The Balaban J connectivity index is 0.000000102. The summed E-state index contributed by atoms with van der Waals surface area (Å²) in [5.41, 5.74) is 23.3. The summed E-state index contributed by atoms with van der Waals surface area (Å²) in [7, 11) is 2.90. The molecule has 6 unspecified atom stereocenters. The number of benzene rings is 7. The number of hydrogen-bond acceptors (Lipinski definition) is 16. The number of nitrogens with zero attached hydrogens (tertiary/aromatic N) is 1. The highest BCUT2D eigenvalue weighted by atomic mass is 16.7. The van der Waals surface area contributed by atoms with Crippen LogP contribution in [0.15, 0.2) is 223 Å². The molecule has 24 rings (SSSR count). The molecule has 7 aromatic carbocycles. The molecule has 4 heterocycles. The van der Waals surface area contributed by atoms with Crippen LogP contribution in [0, 0.1) is 69.5 Å². The van der Waals surface area contributed by atoms with Gasteiger partial charge in [0.2, 0.25) is 0 Å². The fourth-order valence-electron chi connectivity index (χ4n) is 22.9. The van der Waals surface area contributed by atoms with Crippen LogP contribution in [-0.4, -0.2) is 112 Å². The lowest BCUT2D eigenvalue weighted by Crippen LogP contribution is -2.44. The topological polar surface area (TPSA) is 202 Å². The number of aryl methyl sites for hydroxylation is 7. The molecular weight excluding hydrogens is 1610 g/mol. The highest BCUT2D eigenvalue weighted by molar-refractivity contribution is 6.12. The van der Waals surface area contributed by atoms with Gasteiger partial charge in [-0.3, -0.25) is 24.0 Å². The molecule has 3 fully saturated rings. The SMILES string of the molecule is C#CC12C=C(C)C(=O)C=C1c1ccccc1CC2.C#CC12CCc3ccccc3C1=CC1(CC2)OCCO1.C#CC12CCc3ccccc3C1=Cc1oncc1C2.COC(=O)C12CCC(=O)C=C1c1ccccc1CC2.COC(=O)C12CCc3ccccc3C1=CC1(CC2)OCCO1.O=C1CCCc2ccccc21.O=CC12CCc3ccccc3C1=CC1(CC2)OCCO1. The Morgan fingerprint density at radius 1 is 0.380 bits per heavy atom. The summed E-state index contributed by atoms with van der Waals surface area (Å²) >= 11 is 0. The van der Waals surface area contributed by atoms with Gasteiger partial charge in [0.15, 0.2) is 40.5 Å². The van der Waals surface area contributed by atoms with Gasteiger partial charge in [0.1, 0.15) is 6.29 Å². The Morgan fingerprint density at radius 2 is 0.791 bits per heavy atom. The molecule has 0 N–H and O–H groups in total. The molecule has 3 spiro atoms. The summed E-state index contributed by atoms with van der Waals surface area (Å²) in [6, 6.07) is 57.9. The zero-order valence-electron chi connectivity index (χ0n) is 73.9. The molecule has 16 nitrogen and oxygen atoms in total. The van der Waals surface area contributed by atoms with E-state index in [9.17, 15) is 28.8 Å².